The van der Waals surface area contributed by atoms with Crippen LogP contribution in [0.2, 0.25) is 0 Å². The fourth-order valence-corrected chi connectivity index (χ4v) is 3.15. The molecule has 0 radical (unpaired) electrons. The van der Waals surface area contributed by atoms with E-state index in [0.29, 0.717) is 26.4 Å². The largest absolute Gasteiger partial charge is 0.396 e. The summed E-state index contributed by atoms with van der Waals surface area (Å²) in [6.07, 6.45) is 1.41. The Bertz CT molecular complexity index is 512. The first-order valence-electron chi connectivity index (χ1n) is 6.90. The third-order valence-corrected chi connectivity index (χ3v) is 4.64. The van der Waals surface area contributed by atoms with Gasteiger partial charge >= 0.3 is 0 Å². The number of sulfonamides is 1. The topological polar surface area (TPSA) is 94.8 Å². The number of hydrogen-bond acceptors (Lipinski definition) is 6. The van der Waals surface area contributed by atoms with Gasteiger partial charge in [-0.05, 0) is 26.0 Å². The maximum atomic E-state index is 12.6. The Morgan fingerprint density at radius 2 is 1.76 bits per heavy atom. The summed E-state index contributed by atoms with van der Waals surface area (Å²) in [5.41, 5.74) is 5.86. The highest BCUT2D eigenvalue weighted by Crippen LogP contribution is 2.19. The van der Waals surface area contributed by atoms with Gasteiger partial charge in [-0.2, -0.15) is 4.31 Å². The SMILES string of the molecule is CCOCCN(CCOCC)S(=O)(=O)c1ncccc1N. The zero-order valence-corrected chi connectivity index (χ0v) is 13.3. The third-order valence-electron chi connectivity index (χ3n) is 2.76. The van der Waals surface area contributed by atoms with E-state index in [9.17, 15) is 8.42 Å². The van der Waals surface area contributed by atoms with Crippen LogP contribution in [0.15, 0.2) is 23.4 Å². The smallest absolute Gasteiger partial charge is 0.262 e. The summed E-state index contributed by atoms with van der Waals surface area (Å²) in [5, 5.41) is -0.127. The summed E-state index contributed by atoms with van der Waals surface area (Å²) in [4.78, 5) is 3.89. The van der Waals surface area contributed by atoms with Crippen LogP contribution in [0.1, 0.15) is 13.8 Å². The molecule has 0 fully saturated rings. The number of ether oxygens (including phenoxy) is 2. The Balaban J connectivity index is 2.90. The van der Waals surface area contributed by atoms with E-state index < -0.39 is 10.0 Å². The molecule has 0 aliphatic rings. The molecule has 1 aromatic heterocycles. The molecule has 0 bridgehead atoms. The monoisotopic (exact) mass is 317 g/mol. The van der Waals surface area contributed by atoms with Crippen molar-refractivity contribution >= 4 is 15.7 Å². The number of nitrogens with zero attached hydrogens (tertiary/aromatic N) is 2. The summed E-state index contributed by atoms with van der Waals surface area (Å²) in [6.45, 7) is 5.88. The van der Waals surface area contributed by atoms with Crippen LogP contribution in [0.5, 0.6) is 0 Å². The molecule has 0 aromatic carbocycles. The van der Waals surface area contributed by atoms with E-state index in [1.807, 2.05) is 13.8 Å². The van der Waals surface area contributed by atoms with Gasteiger partial charge in [0.25, 0.3) is 10.0 Å². The standard InChI is InChI=1S/C13H23N3O4S/c1-3-19-10-8-16(9-11-20-4-2)21(17,18)13-12(14)6-5-7-15-13/h5-7H,3-4,8-11,14H2,1-2H3. The molecule has 0 aliphatic heterocycles. The molecule has 1 aromatic rings. The first-order chi connectivity index (χ1) is 10.0. The molecule has 120 valence electrons. The second-order valence-electron chi connectivity index (χ2n) is 4.20. The Morgan fingerprint density at radius 3 is 2.24 bits per heavy atom. The predicted molar refractivity (Wildman–Crippen MR) is 80.4 cm³/mol. The van der Waals surface area contributed by atoms with E-state index in [-0.39, 0.29) is 23.8 Å². The number of pyridine rings is 1. The normalized spacial score (nSPS) is 12.0. The van der Waals surface area contributed by atoms with Gasteiger partial charge in [0.05, 0.1) is 18.9 Å². The summed E-state index contributed by atoms with van der Waals surface area (Å²) in [7, 11) is -3.76. The molecular formula is C13H23N3O4S. The maximum Gasteiger partial charge on any atom is 0.262 e. The molecule has 1 rings (SSSR count). The Hall–Kier alpha value is -1.22. The zero-order chi connectivity index (χ0) is 15.7. The Kier molecular flexibility index (Phi) is 7.58. The predicted octanol–water partition coefficient (Wildman–Crippen LogP) is 0.728. The molecular weight excluding hydrogens is 294 g/mol. The average Bonchev–Trinajstić information content (AvgIpc) is 2.46. The number of aromatic nitrogens is 1. The lowest BCUT2D eigenvalue weighted by Gasteiger charge is -2.22. The van der Waals surface area contributed by atoms with Crippen molar-refractivity contribution in [3.8, 4) is 0 Å². The van der Waals surface area contributed by atoms with Crippen LogP contribution in [0.3, 0.4) is 0 Å². The Labute approximate surface area is 126 Å². The highest BCUT2D eigenvalue weighted by Gasteiger charge is 2.27. The van der Waals surface area contributed by atoms with Gasteiger partial charge < -0.3 is 15.2 Å². The molecule has 8 heteroatoms. The van der Waals surface area contributed by atoms with Crippen LogP contribution >= 0.6 is 0 Å². The van der Waals surface area contributed by atoms with Crippen molar-refractivity contribution in [1.82, 2.24) is 9.29 Å². The van der Waals surface area contributed by atoms with Crippen molar-refractivity contribution in [1.29, 1.82) is 0 Å². The van der Waals surface area contributed by atoms with Gasteiger partial charge in [-0.1, -0.05) is 0 Å². The average molecular weight is 317 g/mol. The van der Waals surface area contributed by atoms with Crippen molar-refractivity contribution in [2.24, 2.45) is 0 Å². The number of hydrogen-bond donors (Lipinski definition) is 1. The summed E-state index contributed by atoms with van der Waals surface area (Å²) in [5.74, 6) is 0. The molecule has 0 unspecified atom stereocenters. The van der Waals surface area contributed by atoms with Crippen molar-refractivity contribution in [2.45, 2.75) is 18.9 Å². The van der Waals surface area contributed by atoms with Crippen molar-refractivity contribution in [3.05, 3.63) is 18.3 Å². The van der Waals surface area contributed by atoms with Crippen LogP contribution < -0.4 is 5.73 Å². The lowest BCUT2D eigenvalue weighted by Crippen LogP contribution is -2.37. The minimum Gasteiger partial charge on any atom is -0.396 e. The molecule has 0 spiro atoms. The van der Waals surface area contributed by atoms with Crippen LogP contribution in [-0.4, -0.2) is 57.2 Å². The van der Waals surface area contributed by atoms with E-state index in [1.54, 1.807) is 6.07 Å². The maximum absolute atomic E-state index is 12.6. The van der Waals surface area contributed by atoms with Gasteiger partial charge in [0, 0.05) is 32.5 Å². The molecule has 0 atom stereocenters. The second kappa shape index (κ2) is 8.93. The molecule has 0 saturated heterocycles. The molecule has 2 N–H and O–H groups in total. The number of nitrogen functional groups attached to an aromatic ring is 1. The van der Waals surface area contributed by atoms with Gasteiger partial charge in [-0.3, -0.25) is 0 Å². The van der Waals surface area contributed by atoms with Gasteiger partial charge in [0.2, 0.25) is 0 Å². The van der Waals surface area contributed by atoms with Gasteiger partial charge in [0.1, 0.15) is 0 Å². The zero-order valence-electron chi connectivity index (χ0n) is 12.5. The van der Waals surface area contributed by atoms with Crippen molar-refractivity contribution < 1.29 is 17.9 Å². The quantitative estimate of drug-likeness (QED) is 0.639. The lowest BCUT2D eigenvalue weighted by molar-refractivity contribution is 0.110. The van der Waals surface area contributed by atoms with Crippen LogP contribution in [-0.2, 0) is 19.5 Å². The molecule has 1 heterocycles. The van der Waals surface area contributed by atoms with E-state index in [0.717, 1.165) is 0 Å². The minimum absolute atomic E-state index is 0.127. The van der Waals surface area contributed by atoms with Gasteiger partial charge in [0.15, 0.2) is 5.03 Å². The fraction of sp³-hybridized carbons (Fsp3) is 0.615. The highest BCUT2D eigenvalue weighted by molar-refractivity contribution is 7.89. The van der Waals surface area contributed by atoms with E-state index in [1.165, 1.54) is 16.6 Å². The minimum atomic E-state index is -3.76. The van der Waals surface area contributed by atoms with E-state index in [2.05, 4.69) is 4.98 Å². The van der Waals surface area contributed by atoms with Crippen LogP contribution in [0.25, 0.3) is 0 Å². The third kappa shape index (κ3) is 5.24. The van der Waals surface area contributed by atoms with Gasteiger partial charge in [-0.15, -0.1) is 0 Å². The summed E-state index contributed by atoms with van der Waals surface area (Å²) < 4.78 is 37.0. The van der Waals surface area contributed by atoms with Crippen LogP contribution in [0.4, 0.5) is 5.69 Å². The highest BCUT2D eigenvalue weighted by atomic mass is 32.2. The second-order valence-corrected chi connectivity index (χ2v) is 6.05. The number of rotatable bonds is 10. The van der Waals surface area contributed by atoms with E-state index in [4.69, 9.17) is 15.2 Å². The fourth-order valence-electron chi connectivity index (χ4n) is 1.71. The first-order valence-corrected chi connectivity index (χ1v) is 8.34. The molecule has 0 saturated carbocycles. The first kappa shape index (κ1) is 17.8. The summed E-state index contributed by atoms with van der Waals surface area (Å²) >= 11 is 0. The van der Waals surface area contributed by atoms with Crippen molar-refractivity contribution in [2.75, 3.05) is 45.3 Å². The van der Waals surface area contributed by atoms with E-state index >= 15 is 0 Å². The lowest BCUT2D eigenvalue weighted by atomic mass is 10.4. The van der Waals surface area contributed by atoms with Crippen LogP contribution in [0, 0.1) is 0 Å². The summed E-state index contributed by atoms with van der Waals surface area (Å²) in [6, 6.07) is 3.11. The molecule has 0 amide bonds. The molecule has 21 heavy (non-hydrogen) atoms. The number of anilines is 1. The van der Waals surface area contributed by atoms with Gasteiger partial charge in [-0.25, -0.2) is 13.4 Å². The number of nitrogens with two attached hydrogens (primary N) is 1. The van der Waals surface area contributed by atoms with Crippen molar-refractivity contribution in [3.63, 3.8) is 0 Å². The molecule has 0 aliphatic carbocycles. The Morgan fingerprint density at radius 1 is 1.19 bits per heavy atom. The molecule has 7 nitrogen and oxygen atoms in total.